The second kappa shape index (κ2) is 5.66. The lowest BCUT2D eigenvalue weighted by Crippen LogP contribution is -2.31. The minimum absolute atomic E-state index is 0.0944. The Hall–Kier alpha value is -2.15. The Kier molecular flexibility index (Phi) is 3.96. The Balaban J connectivity index is 2.09. The number of nitrogens with zero attached hydrogens (tertiary/aromatic N) is 1. The van der Waals surface area contributed by atoms with Gasteiger partial charge in [0.25, 0.3) is 5.69 Å². The maximum absolute atomic E-state index is 11.8. The van der Waals surface area contributed by atoms with E-state index in [4.69, 9.17) is 9.47 Å². The largest absolute Gasteiger partial charge is 0.495 e. The van der Waals surface area contributed by atoms with Gasteiger partial charge in [0.05, 0.1) is 30.9 Å². The normalized spacial score (nSPS) is 14.6. The van der Waals surface area contributed by atoms with Gasteiger partial charge in [-0.15, -0.1) is 0 Å². The van der Waals surface area contributed by atoms with Crippen LogP contribution in [-0.2, 0) is 9.53 Å². The number of amides is 1. The lowest BCUT2D eigenvalue weighted by Gasteiger charge is -2.25. The molecule has 0 aliphatic carbocycles. The number of methoxy groups -OCH3 is 1. The molecule has 0 bridgehead atoms. The Morgan fingerprint density at radius 2 is 2.32 bits per heavy atom. The highest BCUT2D eigenvalue weighted by Crippen LogP contribution is 2.29. The van der Waals surface area contributed by atoms with E-state index in [1.807, 2.05) is 0 Å². The number of anilines is 1. The Bertz CT molecular complexity index is 499. The molecule has 0 unspecified atom stereocenters. The van der Waals surface area contributed by atoms with E-state index in [1.54, 1.807) is 0 Å². The third-order valence-corrected chi connectivity index (χ3v) is 2.85. The van der Waals surface area contributed by atoms with E-state index in [1.165, 1.54) is 25.3 Å². The van der Waals surface area contributed by atoms with Crippen LogP contribution in [0.15, 0.2) is 18.2 Å². The number of hydrogen-bond donors (Lipinski definition) is 1. The van der Waals surface area contributed by atoms with Gasteiger partial charge in [-0.2, -0.15) is 0 Å². The second-order valence-electron chi connectivity index (χ2n) is 4.30. The Morgan fingerprint density at radius 1 is 1.58 bits per heavy atom. The summed E-state index contributed by atoms with van der Waals surface area (Å²) in [5.41, 5.74) is 0.213. The first-order valence-electron chi connectivity index (χ1n) is 5.80. The minimum Gasteiger partial charge on any atom is -0.495 e. The number of carbonyl (C=O) groups excluding carboxylic acids is 1. The highest BCUT2D eigenvalue weighted by atomic mass is 16.6. The summed E-state index contributed by atoms with van der Waals surface area (Å²) in [7, 11) is 1.44. The fourth-order valence-corrected chi connectivity index (χ4v) is 1.77. The number of ether oxygens (including phenoxy) is 2. The molecule has 0 saturated carbocycles. The van der Waals surface area contributed by atoms with Crippen molar-refractivity contribution in [2.75, 3.05) is 25.6 Å². The van der Waals surface area contributed by atoms with Crippen LogP contribution in [0.5, 0.6) is 5.75 Å². The third-order valence-electron chi connectivity index (χ3n) is 2.85. The standard InChI is InChI=1S/C12H14N2O5/c1-18-11-3-2-9(14(16)17)5-10(11)13-12(15)4-8-6-19-7-8/h2-3,5,8H,4,6-7H2,1H3,(H,13,15). The molecule has 7 nitrogen and oxygen atoms in total. The number of nitro benzene ring substituents is 1. The fraction of sp³-hybridized carbons (Fsp3) is 0.417. The van der Waals surface area contributed by atoms with Crippen molar-refractivity contribution in [3.05, 3.63) is 28.3 Å². The van der Waals surface area contributed by atoms with Gasteiger partial charge in [0.1, 0.15) is 5.75 Å². The van der Waals surface area contributed by atoms with E-state index < -0.39 is 4.92 Å². The number of benzene rings is 1. The van der Waals surface area contributed by atoms with Crippen LogP contribution in [0, 0.1) is 16.0 Å². The molecule has 0 aromatic heterocycles. The highest BCUT2D eigenvalue weighted by Gasteiger charge is 2.22. The van der Waals surface area contributed by atoms with Gasteiger partial charge in [-0.3, -0.25) is 14.9 Å². The quantitative estimate of drug-likeness (QED) is 0.645. The van der Waals surface area contributed by atoms with E-state index in [0.717, 1.165) is 0 Å². The third kappa shape index (κ3) is 3.19. The van der Waals surface area contributed by atoms with Crippen molar-refractivity contribution in [2.45, 2.75) is 6.42 Å². The van der Waals surface area contributed by atoms with Crippen molar-refractivity contribution in [1.29, 1.82) is 0 Å². The minimum atomic E-state index is -0.519. The summed E-state index contributed by atoms with van der Waals surface area (Å²) < 4.78 is 10.1. The molecular weight excluding hydrogens is 252 g/mol. The lowest BCUT2D eigenvalue weighted by atomic mass is 10.0. The SMILES string of the molecule is COc1ccc([N+](=O)[O-])cc1NC(=O)CC1COC1. The molecule has 19 heavy (non-hydrogen) atoms. The average Bonchev–Trinajstić information content (AvgIpc) is 2.33. The van der Waals surface area contributed by atoms with Crippen molar-refractivity contribution < 1.29 is 19.2 Å². The summed E-state index contributed by atoms with van der Waals surface area (Å²) in [6, 6.07) is 4.07. The predicted molar refractivity (Wildman–Crippen MR) is 67.2 cm³/mol. The van der Waals surface area contributed by atoms with Crippen LogP contribution in [0.2, 0.25) is 0 Å². The van der Waals surface area contributed by atoms with Crippen LogP contribution in [-0.4, -0.2) is 31.2 Å². The van der Waals surface area contributed by atoms with E-state index in [0.29, 0.717) is 31.1 Å². The molecule has 102 valence electrons. The van der Waals surface area contributed by atoms with Gasteiger partial charge in [0, 0.05) is 24.5 Å². The van der Waals surface area contributed by atoms with E-state index in [-0.39, 0.29) is 17.5 Å². The Labute approximate surface area is 109 Å². The van der Waals surface area contributed by atoms with Crippen molar-refractivity contribution in [1.82, 2.24) is 0 Å². The first-order valence-corrected chi connectivity index (χ1v) is 5.80. The molecule has 2 rings (SSSR count). The average molecular weight is 266 g/mol. The first kappa shape index (κ1) is 13.3. The lowest BCUT2D eigenvalue weighted by molar-refractivity contribution is -0.384. The molecule has 1 fully saturated rings. The summed E-state index contributed by atoms with van der Waals surface area (Å²) >= 11 is 0. The van der Waals surface area contributed by atoms with Gasteiger partial charge >= 0.3 is 0 Å². The van der Waals surface area contributed by atoms with Gasteiger partial charge in [-0.1, -0.05) is 0 Å². The van der Waals surface area contributed by atoms with Crippen molar-refractivity contribution in [3.63, 3.8) is 0 Å². The highest BCUT2D eigenvalue weighted by molar-refractivity contribution is 5.92. The smallest absolute Gasteiger partial charge is 0.271 e. The molecule has 1 aromatic carbocycles. The number of rotatable bonds is 5. The van der Waals surface area contributed by atoms with Gasteiger partial charge in [0.2, 0.25) is 5.91 Å². The van der Waals surface area contributed by atoms with Crippen LogP contribution in [0.25, 0.3) is 0 Å². The molecule has 0 radical (unpaired) electrons. The van der Waals surface area contributed by atoms with Gasteiger partial charge in [-0.05, 0) is 6.07 Å². The predicted octanol–water partition coefficient (Wildman–Crippen LogP) is 1.58. The summed E-state index contributed by atoms with van der Waals surface area (Å²) in [6.07, 6.45) is 0.339. The van der Waals surface area contributed by atoms with Crippen LogP contribution < -0.4 is 10.1 Å². The van der Waals surface area contributed by atoms with Crippen LogP contribution in [0.4, 0.5) is 11.4 Å². The zero-order chi connectivity index (χ0) is 13.8. The molecule has 1 N–H and O–H groups in total. The maximum atomic E-state index is 11.8. The zero-order valence-corrected chi connectivity index (χ0v) is 10.4. The first-order chi connectivity index (χ1) is 9.10. The zero-order valence-electron chi connectivity index (χ0n) is 10.4. The molecule has 1 aliphatic heterocycles. The Morgan fingerprint density at radius 3 is 2.84 bits per heavy atom. The van der Waals surface area contributed by atoms with Crippen molar-refractivity contribution in [3.8, 4) is 5.75 Å². The van der Waals surface area contributed by atoms with Gasteiger partial charge in [0.15, 0.2) is 0 Å². The second-order valence-corrected chi connectivity index (χ2v) is 4.30. The van der Waals surface area contributed by atoms with E-state index in [2.05, 4.69) is 5.32 Å². The van der Waals surface area contributed by atoms with Crippen LogP contribution >= 0.6 is 0 Å². The molecule has 1 saturated heterocycles. The summed E-state index contributed by atoms with van der Waals surface area (Å²) in [5, 5.41) is 13.3. The molecule has 0 atom stereocenters. The monoisotopic (exact) mass is 266 g/mol. The summed E-state index contributed by atoms with van der Waals surface area (Å²) in [5.74, 6) is 0.417. The van der Waals surface area contributed by atoms with Crippen molar-refractivity contribution >= 4 is 17.3 Å². The number of hydrogen-bond acceptors (Lipinski definition) is 5. The van der Waals surface area contributed by atoms with Crippen LogP contribution in [0.3, 0.4) is 0 Å². The van der Waals surface area contributed by atoms with Gasteiger partial charge in [-0.25, -0.2) is 0 Å². The molecule has 1 aliphatic rings. The number of non-ortho nitro benzene ring substituents is 1. The topological polar surface area (TPSA) is 90.7 Å². The molecule has 1 heterocycles. The number of nitro groups is 1. The molecular formula is C12H14N2O5. The molecule has 7 heteroatoms. The summed E-state index contributed by atoms with van der Waals surface area (Å²) in [6.45, 7) is 1.17. The molecule has 1 amide bonds. The number of carbonyl (C=O) groups is 1. The van der Waals surface area contributed by atoms with Crippen molar-refractivity contribution in [2.24, 2.45) is 5.92 Å². The van der Waals surface area contributed by atoms with Gasteiger partial charge < -0.3 is 14.8 Å². The summed E-state index contributed by atoms with van der Waals surface area (Å²) in [4.78, 5) is 22.0. The molecule has 1 aromatic rings. The van der Waals surface area contributed by atoms with Crippen LogP contribution in [0.1, 0.15) is 6.42 Å². The maximum Gasteiger partial charge on any atom is 0.271 e. The fourth-order valence-electron chi connectivity index (χ4n) is 1.77. The van der Waals surface area contributed by atoms with E-state index >= 15 is 0 Å². The molecule has 0 spiro atoms. The number of nitrogens with one attached hydrogen (secondary N) is 1. The van der Waals surface area contributed by atoms with E-state index in [9.17, 15) is 14.9 Å².